The second-order valence-corrected chi connectivity index (χ2v) is 10.5. The van der Waals surface area contributed by atoms with E-state index in [1.54, 1.807) is 43.5 Å². The fourth-order valence-electron chi connectivity index (χ4n) is 5.52. The molecule has 5 rings (SSSR count). The summed E-state index contributed by atoms with van der Waals surface area (Å²) in [7, 11) is 0. The van der Waals surface area contributed by atoms with Crippen LogP contribution >= 0.6 is 0 Å². The van der Waals surface area contributed by atoms with Crippen molar-refractivity contribution in [2.75, 3.05) is 10.2 Å². The third-order valence-electron chi connectivity index (χ3n) is 6.78. The van der Waals surface area contributed by atoms with Gasteiger partial charge in [0.1, 0.15) is 17.5 Å². The number of amides is 3. The first-order valence-electron chi connectivity index (χ1n) is 11.5. The van der Waals surface area contributed by atoms with Crippen LogP contribution < -0.4 is 15.5 Å². The van der Waals surface area contributed by atoms with Gasteiger partial charge >= 0.3 is 0 Å². The number of anilines is 2. The van der Waals surface area contributed by atoms with Gasteiger partial charge in [0.05, 0.1) is 35.0 Å². The molecule has 2 aromatic rings. The van der Waals surface area contributed by atoms with E-state index >= 15 is 0 Å². The Kier molecular flexibility index (Phi) is 5.10. The van der Waals surface area contributed by atoms with Crippen LogP contribution in [0.1, 0.15) is 27.7 Å². The smallest absolute Gasteiger partial charge is 0.246 e. The van der Waals surface area contributed by atoms with Crippen molar-refractivity contribution in [2.24, 2.45) is 11.8 Å². The highest BCUT2D eigenvalue weighted by Gasteiger charge is 2.76. The highest BCUT2D eigenvalue weighted by molar-refractivity contribution is 6.11. The zero-order valence-electron chi connectivity index (χ0n) is 19.9. The number of rotatable bonds is 4. The molecule has 9 heteroatoms. The topological polar surface area (TPSA) is 101 Å². The summed E-state index contributed by atoms with van der Waals surface area (Å²) in [6, 6.07) is 8.12. The fraction of sp³-hybridized carbons (Fsp3) is 0.385. The lowest BCUT2D eigenvalue weighted by Gasteiger charge is -2.34. The lowest BCUT2D eigenvalue weighted by Crippen LogP contribution is -2.58. The summed E-state index contributed by atoms with van der Waals surface area (Å²) in [6.07, 6.45) is 6.53. The van der Waals surface area contributed by atoms with Gasteiger partial charge in [-0.05, 0) is 52.0 Å². The number of carbonyl (C=O) groups is 3. The molecule has 35 heavy (non-hydrogen) atoms. The monoisotopic (exact) mass is 478 g/mol. The Balaban J connectivity index is 1.59. The van der Waals surface area contributed by atoms with Crippen molar-refractivity contribution in [2.45, 2.75) is 50.5 Å². The molecule has 2 N–H and O–H groups in total. The predicted molar refractivity (Wildman–Crippen MR) is 127 cm³/mol. The van der Waals surface area contributed by atoms with Crippen molar-refractivity contribution in [1.82, 2.24) is 10.3 Å². The van der Waals surface area contributed by atoms with E-state index in [2.05, 4.69) is 15.6 Å². The minimum Gasteiger partial charge on any atom is -0.356 e. The molecule has 3 amide bonds. The maximum Gasteiger partial charge on any atom is 0.246 e. The van der Waals surface area contributed by atoms with Gasteiger partial charge in [0, 0.05) is 11.7 Å². The molecule has 4 heterocycles. The summed E-state index contributed by atoms with van der Waals surface area (Å²) in [5.74, 6) is -3.93. The molecule has 3 aliphatic heterocycles. The van der Waals surface area contributed by atoms with E-state index in [0.29, 0.717) is 5.69 Å². The van der Waals surface area contributed by atoms with Gasteiger partial charge in [0.2, 0.25) is 17.7 Å². The number of carbonyl (C=O) groups excluding carboxylic acids is 3. The zero-order chi connectivity index (χ0) is 25.2. The normalized spacial score (nSPS) is 30.9. The summed E-state index contributed by atoms with van der Waals surface area (Å²) in [4.78, 5) is 46.6. The Morgan fingerprint density at radius 2 is 1.86 bits per heavy atom. The molecule has 0 unspecified atom stereocenters. The number of ether oxygens (including phenoxy) is 1. The van der Waals surface area contributed by atoms with Crippen LogP contribution in [0.5, 0.6) is 0 Å². The minimum absolute atomic E-state index is 0.0125. The molecule has 0 aliphatic carbocycles. The van der Waals surface area contributed by atoms with Crippen LogP contribution in [0.2, 0.25) is 0 Å². The molecule has 1 aromatic carbocycles. The average Bonchev–Trinajstić information content (AvgIpc) is 3.35. The zero-order valence-corrected chi connectivity index (χ0v) is 19.9. The quantitative estimate of drug-likeness (QED) is 0.659. The first-order chi connectivity index (χ1) is 16.5. The third-order valence-corrected chi connectivity index (χ3v) is 6.78. The van der Waals surface area contributed by atoms with Gasteiger partial charge in [-0.25, -0.2) is 4.39 Å². The van der Waals surface area contributed by atoms with E-state index in [0.717, 1.165) is 0 Å². The molecule has 1 aromatic heterocycles. The van der Waals surface area contributed by atoms with E-state index in [9.17, 15) is 18.8 Å². The van der Waals surface area contributed by atoms with Gasteiger partial charge in [-0.3, -0.25) is 24.3 Å². The maximum atomic E-state index is 14.3. The molecular weight excluding hydrogens is 451 g/mol. The number of fused-ring (bicyclic) bond motifs is 1. The van der Waals surface area contributed by atoms with Crippen molar-refractivity contribution in [3.8, 4) is 0 Å². The average molecular weight is 479 g/mol. The second-order valence-electron chi connectivity index (χ2n) is 10.5. The molecular formula is C26H27FN4O4. The Morgan fingerprint density at radius 3 is 2.51 bits per heavy atom. The number of aromatic nitrogens is 1. The fourth-order valence-corrected chi connectivity index (χ4v) is 5.52. The van der Waals surface area contributed by atoms with Crippen molar-refractivity contribution < 1.29 is 23.5 Å². The molecule has 182 valence electrons. The molecule has 2 bridgehead atoms. The Labute approximate surface area is 202 Å². The molecule has 0 radical (unpaired) electrons. The van der Waals surface area contributed by atoms with Crippen LogP contribution in [-0.4, -0.2) is 45.5 Å². The molecule has 2 saturated heterocycles. The van der Waals surface area contributed by atoms with Crippen LogP contribution in [0.25, 0.3) is 0 Å². The van der Waals surface area contributed by atoms with Gasteiger partial charge in [-0.2, -0.15) is 0 Å². The number of pyridine rings is 1. The molecule has 0 saturated carbocycles. The Hall–Kier alpha value is -3.59. The van der Waals surface area contributed by atoms with Crippen molar-refractivity contribution in [3.05, 3.63) is 66.8 Å². The number of hydrogen-bond donors (Lipinski definition) is 2. The van der Waals surface area contributed by atoms with Crippen LogP contribution in [0.3, 0.4) is 0 Å². The number of halogens is 1. The number of nitrogens with one attached hydrogen (secondary N) is 2. The lowest BCUT2D eigenvalue weighted by molar-refractivity contribution is -0.131. The SMILES string of the molecule is CC(C)(C)NC(=O)[C@@H]1N(c2cccnc2)C(=O)[C@H]2[C@H](C(=O)Nc3ccccc3F)[C@@]3(C)C=C[C@@]12O3. The van der Waals surface area contributed by atoms with Gasteiger partial charge < -0.3 is 15.4 Å². The highest BCUT2D eigenvalue weighted by atomic mass is 19.1. The van der Waals surface area contributed by atoms with Crippen molar-refractivity contribution in [1.29, 1.82) is 0 Å². The van der Waals surface area contributed by atoms with Gasteiger partial charge in [0.25, 0.3) is 0 Å². The largest absolute Gasteiger partial charge is 0.356 e. The number of para-hydroxylation sites is 1. The van der Waals surface area contributed by atoms with Crippen LogP contribution in [0.4, 0.5) is 15.8 Å². The second kappa shape index (κ2) is 7.71. The van der Waals surface area contributed by atoms with E-state index in [1.807, 2.05) is 20.8 Å². The number of hydrogen-bond acceptors (Lipinski definition) is 5. The molecule has 5 atom stereocenters. The van der Waals surface area contributed by atoms with Crippen LogP contribution in [-0.2, 0) is 19.1 Å². The van der Waals surface area contributed by atoms with Crippen molar-refractivity contribution in [3.63, 3.8) is 0 Å². The maximum absolute atomic E-state index is 14.3. The summed E-state index contributed by atoms with van der Waals surface area (Å²) in [6.45, 7) is 7.25. The highest BCUT2D eigenvalue weighted by Crippen LogP contribution is 2.60. The lowest BCUT2D eigenvalue weighted by atomic mass is 9.70. The first kappa shape index (κ1) is 23.2. The summed E-state index contributed by atoms with van der Waals surface area (Å²) in [5.41, 5.74) is -2.64. The van der Waals surface area contributed by atoms with Crippen molar-refractivity contribution >= 4 is 29.1 Å². The standard InChI is InChI=1S/C26H27FN4O4/c1-24(2,3)30-22(33)20-26-12-11-25(4,35-26)18(21(32)29-17-10-6-5-9-16(17)27)19(26)23(34)31(20)15-8-7-13-28-14-15/h5-14,18-20H,1-4H3,(H,29,32)(H,30,33)/t18-,19-,20+,25-,26+/m1/s1. The summed E-state index contributed by atoms with van der Waals surface area (Å²) < 4.78 is 20.7. The minimum atomic E-state index is -1.37. The Bertz CT molecular complexity index is 1240. The van der Waals surface area contributed by atoms with E-state index in [4.69, 9.17) is 4.74 Å². The number of nitrogens with zero attached hydrogens (tertiary/aromatic N) is 2. The molecule has 3 aliphatic rings. The molecule has 2 fully saturated rings. The summed E-state index contributed by atoms with van der Waals surface area (Å²) in [5, 5.41) is 5.58. The Morgan fingerprint density at radius 1 is 1.11 bits per heavy atom. The third kappa shape index (κ3) is 3.53. The van der Waals surface area contributed by atoms with E-state index < -0.39 is 58.2 Å². The predicted octanol–water partition coefficient (Wildman–Crippen LogP) is 2.82. The molecule has 8 nitrogen and oxygen atoms in total. The van der Waals surface area contributed by atoms with E-state index in [-0.39, 0.29) is 5.69 Å². The van der Waals surface area contributed by atoms with Gasteiger partial charge in [-0.15, -0.1) is 0 Å². The van der Waals surface area contributed by atoms with E-state index in [1.165, 1.54) is 29.3 Å². The van der Waals surface area contributed by atoms with Crippen LogP contribution in [0, 0.1) is 17.7 Å². The number of benzene rings is 1. The summed E-state index contributed by atoms with van der Waals surface area (Å²) >= 11 is 0. The molecule has 1 spiro atoms. The van der Waals surface area contributed by atoms with Gasteiger partial charge in [-0.1, -0.05) is 24.3 Å². The van der Waals surface area contributed by atoms with Crippen LogP contribution in [0.15, 0.2) is 60.9 Å². The first-order valence-corrected chi connectivity index (χ1v) is 11.5. The van der Waals surface area contributed by atoms with Gasteiger partial charge in [0.15, 0.2) is 0 Å².